The quantitative estimate of drug-likeness (QED) is 0.780. The highest BCUT2D eigenvalue weighted by Crippen LogP contribution is 2.28. The summed E-state index contributed by atoms with van der Waals surface area (Å²) in [6.07, 6.45) is 0.958. The highest BCUT2D eigenvalue weighted by molar-refractivity contribution is 5.35. The summed E-state index contributed by atoms with van der Waals surface area (Å²) in [5.41, 5.74) is 2.12. The van der Waals surface area contributed by atoms with Gasteiger partial charge in [-0.1, -0.05) is 31.2 Å². The second-order valence-corrected chi connectivity index (χ2v) is 4.58. The van der Waals surface area contributed by atoms with E-state index in [-0.39, 0.29) is 24.7 Å². The zero-order valence-electron chi connectivity index (χ0n) is 12.2. The minimum absolute atomic E-state index is 0.102. The molecule has 2 aromatic rings. The lowest BCUT2D eigenvalue weighted by Crippen LogP contribution is -2.02. The third kappa shape index (κ3) is 3.72. The molecule has 2 rings (SSSR count). The summed E-state index contributed by atoms with van der Waals surface area (Å²) in [7, 11) is 0. The Morgan fingerprint density at radius 3 is 1.81 bits per heavy atom. The van der Waals surface area contributed by atoms with Crippen molar-refractivity contribution in [1.82, 2.24) is 0 Å². The fourth-order valence-electron chi connectivity index (χ4n) is 1.92. The Morgan fingerprint density at radius 2 is 1.29 bits per heavy atom. The highest BCUT2D eigenvalue weighted by atomic mass is 19.2. The number of rotatable bonds is 6. The molecule has 0 aromatic heterocycles. The average molecular weight is 292 g/mol. The highest BCUT2D eigenvalue weighted by Gasteiger charge is 2.15. The monoisotopic (exact) mass is 292 g/mol. The molecule has 0 saturated carbocycles. The molecule has 0 aliphatic heterocycles. The smallest absolute Gasteiger partial charge is 0.204 e. The zero-order valence-corrected chi connectivity index (χ0v) is 12.2. The van der Waals surface area contributed by atoms with Gasteiger partial charge in [-0.05, 0) is 36.6 Å². The molecule has 2 aromatic carbocycles. The van der Waals surface area contributed by atoms with E-state index in [2.05, 4.69) is 6.92 Å². The zero-order chi connectivity index (χ0) is 15.2. The van der Waals surface area contributed by atoms with E-state index in [9.17, 15) is 8.78 Å². The average Bonchev–Trinajstić information content (AvgIpc) is 2.52. The Morgan fingerprint density at radius 1 is 0.762 bits per heavy atom. The van der Waals surface area contributed by atoms with Gasteiger partial charge in [0.25, 0.3) is 0 Å². The summed E-state index contributed by atoms with van der Waals surface area (Å²) in [6.45, 7) is 4.25. The van der Waals surface area contributed by atoms with Gasteiger partial charge in [0, 0.05) is 0 Å². The fourth-order valence-corrected chi connectivity index (χ4v) is 1.92. The predicted molar refractivity (Wildman–Crippen MR) is 77.7 cm³/mol. The van der Waals surface area contributed by atoms with Crippen LogP contribution in [0, 0.1) is 11.6 Å². The fraction of sp³-hybridized carbons (Fsp3) is 0.294. The molecule has 0 unspecified atom stereocenters. The van der Waals surface area contributed by atoms with Crippen molar-refractivity contribution in [1.29, 1.82) is 0 Å². The lowest BCUT2D eigenvalue weighted by molar-refractivity contribution is 0.274. The summed E-state index contributed by atoms with van der Waals surface area (Å²) in [4.78, 5) is 0. The number of aryl methyl sites for hydroxylation is 1. The van der Waals surface area contributed by atoms with Crippen LogP contribution in [0.1, 0.15) is 25.0 Å². The van der Waals surface area contributed by atoms with E-state index in [0.717, 1.165) is 12.0 Å². The molecule has 0 fully saturated rings. The summed E-state index contributed by atoms with van der Waals surface area (Å²) in [5.74, 6) is -2.26. The van der Waals surface area contributed by atoms with Crippen LogP contribution in [0.5, 0.6) is 11.5 Å². The Labute approximate surface area is 123 Å². The van der Waals surface area contributed by atoms with E-state index < -0.39 is 11.6 Å². The minimum atomic E-state index is -1.02. The molecule has 0 bridgehead atoms. The van der Waals surface area contributed by atoms with E-state index in [1.807, 2.05) is 24.3 Å². The molecule has 0 aliphatic rings. The normalized spacial score (nSPS) is 10.5. The SMILES string of the molecule is CCOc1ccc(OCc2ccc(CC)cc2)c(F)c1F. The van der Waals surface area contributed by atoms with Crippen LogP contribution < -0.4 is 9.47 Å². The molecule has 0 spiro atoms. The Hall–Kier alpha value is -2.10. The molecule has 0 amide bonds. The number of hydrogen-bond donors (Lipinski definition) is 0. The van der Waals surface area contributed by atoms with E-state index >= 15 is 0 Å². The Balaban J connectivity index is 2.07. The van der Waals surface area contributed by atoms with Gasteiger partial charge in [0.1, 0.15) is 6.61 Å². The van der Waals surface area contributed by atoms with E-state index in [1.54, 1.807) is 6.92 Å². The Bertz CT molecular complexity index is 594. The number of ether oxygens (including phenoxy) is 2. The van der Waals surface area contributed by atoms with Crippen molar-refractivity contribution in [3.63, 3.8) is 0 Å². The van der Waals surface area contributed by atoms with Gasteiger partial charge in [0.15, 0.2) is 11.5 Å². The molecule has 0 radical (unpaired) electrons. The first-order valence-corrected chi connectivity index (χ1v) is 6.97. The van der Waals surface area contributed by atoms with Crippen molar-refractivity contribution in [3.8, 4) is 11.5 Å². The molecular weight excluding hydrogens is 274 g/mol. The van der Waals surface area contributed by atoms with Gasteiger partial charge in [-0.25, -0.2) is 0 Å². The largest absolute Gasteiger partial charge is 0.491 e. The molecule has 0 heterocycles. The van der Waals surface area contributed by atoms with Crippen molar-refractivity contribution in [3.05, 3.63) is 59.2 Å². The van der Waals surface area contributed by atoms with Gasteiger partial charge in [-0.15, -0.1) is 0 Å². The molecule has 21 heavy (non-hydrogen) atoms. The standard InChI is InChI=1S/C17H18F2O2/c1-3-12-5-7-13(8-6-12)11-21-15-10-9-14(20-4-2)16(18)17(15)19/h5-10H,3-4,11H2,1-2H3. The molecule has 0 aliphatic carbocycles. The summed E-state index contributed by atoms with van der Waals surface area (Å²) >= 11 is 0. The maximum atomic E-state index is 13.8. The topological polar surface area (TPSA) is 18.5 Å². The van der Waals surface area contributed by atoms with Crippen LogP contribution in [-0.4, -0.2) is 6.61 Å². The van der Waals surface area contributed by atoms with Crippen molar-refractivity contribution < 1.29 is 18.3 Å². The van der Waals surface area contributed by atoms with Crippen molar-refractivity contribution in [2.45, 2.75) is 26.9 Å². The third-order valence-corrected chi connectivity index (χ3v) is 3.14. The first-order chi connectivity index (χ1) is 10.2. The first-order valence-electron chi connectivity index (χ1n) is 6.97. The van der Waals surface area contributed by atoms with Crippen LogP contribution in [0.2, 0.25) is 0 Å². The molecular formula is C17H18F2O2. The second kappa shape index (κ2) is 7.07. The van der Waals surface area contributed by atoms with E-state index in [1.165, 1.54) is 17.7 Å². The maximum Gasteiger partial charge on any atom is 0.204 e. The first kappa shape index (κ1) is 15.3. The van der Waals surface area contributed by atoms with Gasteiger partial charge >= 0.3 is 0 Å². The Kier molecular flexibility index (Phi) is 5.14. The van der Waals surface area contributed by atoms with Crippen molar-refractivity contribution in [2.75, 3.05) is 6.61 Å². The van der Waals surface area contributed by atoms with Gasteiger partial charge in [-0.3, -0.25) is 0 Å². The van der Waals surface area contributed by atoms with E-state index in [4.69, 9.17) is 9.47 Å². The summed E-state index contributed by atoms with van der Waals surface area (Å²) in [6, 6.07) is 10.6. The number of halogens is 2. The summed E-state index contributed by atoms with van der Waals surface area (Å²) in [5, 5.41) is 0. The van der Waals surface area contributed by atoms with E-state index in [0.29, 0.717) is 0 Å². The second-order valence-electron chi connectivity index (χ2n) is 4.58. The van der Waals surface area contributed by atoms with Gasteiger partial charge in [-0.2, -0.15) is 8.78 Å². The molecule has 4 heteroatoms. The molecule has 0 atom stereocenters. The summed E-state index contributed by atoms with van der Waals surface area (Å²) < 4.78 is 37.9. The van der Waals surface area contributed by atoms with Crippen LogP contribution in [0.4, 0.5) is 8.78 Å². The van der Waals surface area contributed by atoms with Crippen LogP contribution in [0.15, 0.2) is 36.4 Å². The van der Waals surface area contributed by atoms with Crippen LogP contribution in [0.25, 0.3) is 0 Å². The van der Waals surface area contributed by atoms with Crippen LogP contribution in [0.3, 0.4) is 0 Å². The molecule has 0 saturated heterocycles. The van der Waals surface area contributed by atoms with Gasteiger partial charge in [0.2, 0.25) is 11.6 Å². The van der Waals surface area contributed by atoms with Crippen LogP contribution in [-0.2, 0) is 13.0 Å². The molecule has 2 nitrogen and oxygen atoms in total. The van der Waals surface area contributed by atoms with Gasteiger partial charge in [0.05, 0.1) is 6.61 Å². The van der Waals surface area contributed by atoms with Crippen LogP contribution >= 0.6 is 0 Å². The van der Waals surface area contributed by atoms with Gasteiger partial charge < -0.3 is 9.47 Å². The molecule has 112 valence electrons. The van der Waals surface area contributed by atoms with Crippen molar-refractivity contribution >= 4 is 0 Å². The molecule has 0 N–H and O–H groups in total. The third-order valence-electron chi connectivity index (χ3n) is 3.14. The minimum Gasteiger partial charge on any atom is -0.491 e. The maximum absolute atomic E-state index is 13.8. The number of hydrogen-bond acceptors (Lipinski definition) is 2. The predicted octanol–water partition coefficient (Wildman–Crippen LogP) is 4.50. The lowest BCUT2D eigenvalue weighted by atomic mass is 10.1. The lowest BCUT2D eigenvalue weighted by Gasteiger charge is -2.10. The van der Waals surface area contributed by atoms with Crippen molar-refractivity contribution in [2.24, 2.45) is 0 Å². The number of benzene rings is 2.